The van der Waals surface area contributed by atoms with Crippen molar-refractivity contribution in [2.45, 2.75) is 32.4 Å². The van der Waals surface area contributed by atoms with Gasteiger partial charge in [0.1, 0.15) is 0 Å². The fraction of sp³-hybridized carbons (Fsp3) is 0.417. The lowest BCUT2D eigenvalue weighted by Gasteiger charge is -2.29. The van der Waals surface area contributed by atoms with Crippen LogP contribution in [0.25, 0.3) is 11.4 Å². The summed E-state index contributed by atoms with van der Waals surface area (Å²) in [4.78, 5) is 9.19. The molecule has 0 unspecified atom stereocenters. The van der Waals surface area contributed by atoms with Gasteiger partial charge in [0.15, 0.2) is 11.5 Å². The lowest BCUT2D eigenvalue weighted by molar-refractivity contribution is 0.261. The molecule has 31 heavy (non-hydrogen) atoms. The molecule has 4 rings (SSSR count). The van der Waals surface area contributed by atoms with Gasteiger partial charge >= 0.3 is 0 Å². The largest absolute Gasteiger partial charge is 0.493 e. The van der Waals surface area contributed by atoms with Gasteiger partial charge in [-0.15, -0.1) is 0 Å². The van der Waals surface area contributed by atoms with Crippen molar-refractivity contribution in [1.82, 2.24) is 15.0 Å². The number of hydrogen-bond acceptors (Lipinski definition) is 7. The summed E-state index contributed by atoms with van der Waals surface area (Å²) in [7, 11) is 5.27. The van der Waals surface area contributed by atoms with Crippen LogP contribution in [-0.2, 0) is 13.1 Å². The lowest BCUT2D eigenvalue weighted by atomic mass is 10.1. The Bertz CT molecular complexity index is 981. The Morgan fingerprint density at radius 3 is 2.39 bits per heavy atom. The van der Waals surface area contributed by atoms with Gasteiger partial charge in [0.2, 0.25) is 11.7 Å². The second kappa shape index (κ2) is 9.83. The Morgan fingerprint density at radius 2 is 1.68 bits per heavy atom. The smallest absolute Gasteiger partial charge is 0.241 e. The number of benzene rings is 2. The van der Waals surface area contributed by atoms with Gasteiger partial charge in [0, 0.05) is 30.9 Å². The van der Waals surface area contributed by atoms with E-state index in [1.165, 1.54) is 43.6 Å². The highest BCUT2D eigenvalue weighted by molar-refractivity contribution is 5.60. The summed E-state index contributed by atoms with van der Waals surface area (Å²) < 4.78 is 16.1. The average molecular weight is 423 g/mol. The van der Waals surface area contributed by atoms with Crippen molar-refractivity contribution in [3.05, 3.63) is 53.9 Å². The van der Waals surface area contributed by atoms with Crippen molar-refractivity contribution in [3.63, 3.8) is 0 Å². The third kappa shape index (κ3) is 5.17. The van der Waals surface area contributed by atoms with Crippen LogP contribution in [0.4, 0.5) is 5.69 Å². The van der Waals surface area contributed by atoms with Crippen molar-refractivity contribution in [3.8, 4) is 22.9 Å². The summed E-state index contributed by atoms with van der Waals surface area (Å²) in [5.41, 5.74) is 3.41. The highest BCUT2D eigenvalue weighted by Gasteiger charge is 2.14. The zero-order valence-corrected chi connectivity index (χ0v) is 18.5. The highest BCUT2D eigenvalue weighted by atomic mass is 16.5. The predicted octanol–water partition coefficient (Wildman–Crippen LogP) is 4.38. The van der Waals surface area contributed by atoms with E-state index in [-0.39, 0.29) is 0 Å². The SMILES string of the molecule is COc1ccc(-c2noc(CN(C)Cc3ccc(N4CCCCC4)cc3)n2)cc1OC. The van der Waals surface area contributed by atoms with Gasteiger partial charge in [0.25, 0.3) is 0 Å². The molecule has 0 spiro atoms. The van der Waals surface area contributed by atoms with E-state index in [2.05, 4.69) is 51.3 Å². The zero-order chi connectivity index (χ0) is 21.6. The molecule has 1 saturated heterocycles. The van der Waals surface area contributed by atoms with Crippen molar-refractivity contribution >= 4 is 5.69 Å². The minimum atomic E-state index is 0.537. The topological polar surface area (TPSA) is 63.9 Å². The summed E-state index contributed by atoms with van der Waals surface area (Å²) in [5.74, 6) is 2.42. The molecule has 7 heteroatoms. The molecule has 0 amide bonds. The molecule has 2 heterocycles. The molecular formula is C24H30N4O3. The van der Waals surface area contributed by atoms with Crippen LogP contribution in [0, 0.1) is 0 Å². The van der Waals surface area contributed by atoms with Crippen LogP contribution in [0.2, 0.25) is 0 Å². The Morgan fingerprint density at radius 1 is 0.935 bits per heavy atom. The first-order valence-corrected chi connectivity index (χ1v) is 10.7. The molecule has 1 fully saturated rings. The molecule has 0 atom stereocenters. The van der Waals surface area contributed by atoms with Crippen LogP contribution in [0.3, 0.4) is 0 Å². The Balaban J connectivity index is 1.36. The molecule has 3 aromatic rings. The second-order valence-electron chi connectivity index (χ2n) is 7.97. The van der Waals surface area contributed by atoms with Gasteiger partial charge in [-0.25, -0.2) is 0 Å². The third-order valence-corrected chi connectivity index (χ3v) is 5.63. The van der Waals surface area contributed by atoms with Crippen molar-refractivity contribution in [2.75, 3.05) is 39.3 Å². The van der Waals surface area contributed by atoms with Gasteiger partial charge < -0.3 is 18.9 Å². The molecular weight excluding hydrogens is 392 g/mol. The number of aromatic nitrogens is 2. The van der Waals surface area contributed by atoms with Crippen LogP contribution in [0.15, 0.2) is 47.0 Å². The second-order valence-corrected chi connectivity index (χ2v) is 7.97. The van der Waals surface area contributed by atoms with E-state index in [4.69, 9.17) is 14.0 Å². The molecule has 0 bridgehead atoms. The first-order chi connectivity index (χ1) is 15.2. The molecule has 0 aliphatic carbocycles. The number of anilines is 1. The van der Waals surface area contributed by atoms with Crippen molar-refractivity contribution < 1.29 is 14.0 Å². The number of ether oxygens (including phenoxy) is 2. The summed E-state index contributed by atoms with van der Waals surface area (Å²) in [6.45, 7) is 3.72. The van der Waals surface area contributed by atoms with Crippen LogP contribution >= 0.6 is 0 Å². The molecule has 1 aromatic heterocycles. The van der Waals surface area contributed by atoms with E-state index < -0.39 is 0 Å². The molecule has 164 valence electrons. The number of nitrogens with zero attached hydrogens (tertiary/aromatic N) is 4. The Hall–Kier alpha value is -3.06. The fourth-order valence-electron chi connectivity index (χ4n) is 3.97. The molecule has 1 aliphatic rings. The van der Waals surface area contributed by atoms with E-state index in [1.807, 2.05) is 18.2 Å². The quantitative estimate of drug-likeness (QED) is 0.534. The van der Waals surface area contributed by atoms with Gasteiger partial charge in [-0.1, -0.05) is 17.3 Å². The lowest BCUT2D eigenvalue weighted by Crippen LogP contribution is -2.29. The van der Waals surface area contributed by atoms with Gasteiger partial charge in [-0.2, -0.15) is 4.98 Å². The summed E-state index contributed by atoms with van der Waals surface area (Å²) >= 11 is 0. The molecule has 2 aromatic carbocycles. The summed E-state index contributed by atoms with van der Waals surface area (Å²) in [5, 5.41) is 4.13. The minimum Gasteiger partial charge on any atom is -0.493 e. The number of methoxy groups -OCH3 is 2. The van der Waals surface area contributed by atoms with Gasteiger partial charge in [-0.05, 0) is 62.2 Å². The van der Waals surface area contributed by atoms with Gasteiger partial charge in [-0.3, -0.25) is 4.90 Å². The molecule has 0 N–H and O–H groups in total. The molecule has 0 radical (unpaired) electrons. The maximum Gasteiger partial charge on any atom is 0.241 e. The average Bonchev–Trinajstić information content (AvgIpc) is 3.28. The number of piperidine rings is 1. The van der Waals surface area contributed by atoms with E-state index in [0.717, 1.165) is 12.1 Å². The monoisotopic (exact) mass is 422 g/mol. The molecule has 1 aliphatic heterocycles. The standard InChI is InChI=1S/C24H30N4O3/c1-27(16-18-7-10-20(11-8-18)28-13-5-4-6-14-28)17-23-25-24(26-31-23)19-9-12-21(29-2)22(15-19)30-3/h7-12,15H,4-6,13-14,16-17H2,1-3H3. The number of rotatable bonds is 8. The Labute approximate surface area is 183 Å². The molecule has 0 saturated carbocycles. The first kappa shape index (κ1) is 21.2. The van der Waals surface area contributed by atoms with Crippen LogP contribution < -0.4 is 14.4 Å². The predicted molar refractivity (Wildman–Crippen MR) is 121 cm³/mol. The van der Waals surface area contributed by atoms with Crippen LogP contribution in [0.1, 0.15) is 30.7 Å². The normalized spacial score (nSPS) is 14.1. The van der Waals surface area contributed by atoms with Crippen molar-refractivity contribution in [2.24, 2.45) is 0 Å². The fourth-order valence-corrected chi connectivity index (χ4v) is 3.97. The number of hydrogen-bond donors (Lipinski definition) is 0. The van der Waals surface area contributed by atoms with E-state index in [1.54, 1.807) is 14.2 Å². The van der Waals surface area contributed by atoms with Gasteiger partial charge in [0.05, 0.1) is 20.8 Å². The molecule has 7 nitrogen and oxygen atoms in total. The van der Waals surface area contributed by atoms with E-state index >= 15 is 0 Å². The van der Waals surface area contributed by atoms with Crippen LogP contribution in [0.5, 0.6) is 11.5 Å². The summed E-state index contributed by atoms with van der Waals surface area (Å²) in [6, 6.07) is 14.5. The zero-order valence-electron chi connectivity index (χ0n) is 18.5. The first-order valence-electron chi connectivity index (χ1n) is 10.7. The summed E-state index contributed by atoms with van der Waals surface area (Å²) in [6.07, 6.45) is 3.93. The van der Waals surface area contributed by atoms with Crippen molar-refractivity contribution in [1.29, 1.82) is 0 Å². The van der Waals surface area contributed by atoms with Crippen LogP contribution in [-0.4, -0.2) is 49.4 Å². The third-order valence-electron chi connectivity index (χ3n) is 5.63. The van der Waals surface area contributed by atoms with E-state index in [9.17, 15) is 0 Å². The van der Waals surface area contributed by atoms with E-state index in [0.29, 0.717) is 29.8 Å². The maximum absolute atomic E-state index is 5.47. The Kier molecular flexibility index (Phi) is 6.72. The minimum absolute atomic E-state index is 0.537. The highest BCUT2D eigenvalue weighted by Crippen LogP contribution is 2.31. The maximum atomic E-state index is 5.47.